The van der Waals surface area contributed by atoms with Gasteiger partial charge < -0.3 is 24.1 Å². The predicted molar refractivity (Wildman–Crippen MR) is 382 cm³/mol. The van der Waals surface area contributed by atoms with Gasteiger partial charge >= 0.3 is 5.97 Å². The van der Waals surface area contributed by atoms with Gasteiger partial charge in [0.1, 0.15) is 39.8 Å². The van der Waals surface area contributed by atoms with Gasteiger partial charge in [-0.05, 0) is 214 Å². The Morgan fingerprint density at radius 3 is 0.901 bits per heavy atom. The van der Waals surface area contributed by atoms with Crippen molar-refractivity contribution >= 4 is 5.97 Å². The first-order valence-electron chi connectivity index (χ1n) is 32.8. The van der Waals surface area contributed by atoms with Crippen LogP contribution in [0.25, 0.3) is 0 Å². The van der Waals surface area contributed by atoms with Gasteiger partial charge in [-0.15, -0.1) is 0 Å². The van der Waals surface area contributed by atoms with Crippen molar-refractivity contribution in [1.82, 2.24) is 0 Å². The third-order valence-electron chi connectivity index (χ3n) is 18.3. The van der Waals surface area contributed by atoms with Gasteiger partial charge in [-0.3, -0.25) is 0 Å². The summed E-state index contributed by atoms with van der Waals surface area (Å²) in [6, 6.07) is 80.3. The van der Waals surface area contributed by atoms with Gasteiger partial charge in [0, 0.05) is 0 Å². The van der Waals surface area contributed by atoms with E-state index in [9.17, 15) is 4.79 Å². The molecule has 0 amide bonds. The van der Waals surface area contributed by atoms with E-state index < -0.39 is 17.2 Å². The van der Waals surface area contributed by atoms with E-state index >= 15 is 0 Å². The fourth-order valence-electron chi connectivity index (χ4n) is 10.5. The van der Waals surface area contributed by atoms with E-state index in [2.05, 4.69) is 281 Å². The summed E-state index contributed by atoms with van der Waals surface area (Å²) in [5.41, 5.74) is 11.2. The van der Waals surface area contributed by atoms with Gasteiger partial charge in [0.2, 0.25) is 0 Å². The molecular formula is C85H104O6. The molecule has 0 spiro atoms. The monoisotopic (exact) mass is 1220 g/mol. The molecule has 9 rings (SSSR count). The molecule has 9 aromatic carbocycles. The molecule has 0 saturated heterocycles. The Hall–Kier alpha value is -8.35. The SMILES string of the molecule is CCC(C)(C)c1ccc(OC(C)(C)c2ccc(C(=O)O)cc2)cc1.CCC(C)(C)c1ccc(OC(C)(C)c2ccccc2)cc1.CCC(C)c1ccc(OC(C)(C)c2ccc(C)cc2)cc1.CCC(C)c1ccc(OC(C)(c2ccccc2)c2ccccc2)cc1. The second-order valence-electron chi connectivity index (χ2n) is 27.1. The number of carbonyl (C=O) groups is 1. The van der Waals surface area contributed by atoms with Crippen molar-refractivity contribution in [3.8, 4) is 23.0 Å². The molecule has 0 aliphatic rings. The van der Waals surface area contributed by atoms with Crippen molar-refractivity contribution in [3.05, 3.63) is 298 Å². The molecule has 2 unspecified atom stereocenters. The van der Waals surface area contributed by atoms with E-state index in [-0.39, 0.29) is 27.6 Å². The van der Waals surface area contributed by atoms with Gasteiger partial charge in [0.25, 0.3) is 0 Å². The summed E-state index contributed by atoms with van der Waals surface area (Å²) in [7, 11) is 0. The number of benzene rings is 9. The third kappa shape index (κ3) is 20.3. The highest BCUT2D eigenvalue weighted by molar-refractivity contribution is 5.87. The highest BCUT2D eigenvalue weighted by Gasteiger charge is 2.32. The predicted octanol–water partition coefficient (Wildman–Crippen LogP) is 23.4. The molecule has 0 fully saturated rings. The van der Waals surface area contributed by atoms with Crippen molar-refractivity contribution in [3.63, 3.8) is 0 Å². The maximum absolute atomic E-state index is 11.0. The average Bonchev–Trinajstić information content (AvgIpc) is 0.899. The molecule has 6 heteroatoms. The first kappa shape index (κ1) is 71.7. The molecule has 0 aliphatic heterocycles. The van der Waals surface area contributed by atoms with Crippen LogP contribution >= 0.6 is 0 Å². The fraction of sp³-hybridized carbons (Fsp3) is 0.353. The van der Waals surface area contributed by atoms with Crippen LogP contribution in [0.15, 0.2) is 237 Å². The van der Waals surface area contributed by atoms with Gasteiger partial charge in [0.15, 0.2) is 5.60 Å². The van der Waals surface area contributed by atoms with Gasteiger partial charge in [-0.2, -0.15) is 0 Å². The summed E-state index contributed by atoms with van der Waals surface area (Å²) in [5, 5.41) is 8.99. The topological polar surface area (TPSA) is 74.2 Å². The van der Waals surface area contributed by atoms with Crippen LogP contribution in [0.5, 0.6) is 23.0 Å². The van der Waals surface area contributed by atoms with E-state index in [1.807, 2.05) is 56.3 Å². The number of carboxylic acids is 1. The highest BCUT2D eigenvalue weighted by Crippen LogP contribution is 2.38. The molecule has 0 aliphatic carbocycles. The molecule has 1 N–H and O–H groups in total. The summed E-state index contributed by atoms with van der Waals surface area (Å²) in [5.74, 6) is 3.79. The molecule has 480 valence electrons. The molecule has 0 saturated carbocycles. The van der Waals surface area contributed by atoms with Gasteiger partial charge in [-0.25, -0.2) is 4.79 Å². The zero-order valence-electron chi connectivity index (χ0n) is 58.0. The third-order valence-corrected chi connectivity index (χ3v) is 18.3. The van der Waals surface area contributed by atoms with Crippen LogP contribution in [0.1, 0.15) is 221 Å². The minimum atomic E-state index is -0.922. The largest absolute Gasteiger partial charge is 0.483 e. The van der Waals surface area contributed by atoms with Crippen molar-refractivity contribution in [2.45, 2.75) is 195 Å². The van der Waals surface area contributed by atoms with Crippen molar-refractivity contribution < 1.29 is 28.8 Å². The van der Waals surface area contributed by atoms with Crippen LogP contribution in [-0.4, -0.2) is 11.1 Å². The first-order valence-corrected chi connectivity index (χ1v) is 32.8. The van der Waals surface area contributed by atoms with E-state index in [0.29, 0.717) is 11.8 Å². The molecule has 6 nitrogen and oxygen atoms in total. The number of carboxylic acid groups (broad SMARTS) is 1. The van der Waals surface area contributed by atoms with Crippen molar-refractivity contribution in [1.29, 1.82) is 0 Å². The standard InChI is InChI=1S/C24H26O.C21H26O3.2C20H26O/c1-4-19(2)20-15-17-23(18-16-20)25-24(3,21-11-7-5-8-12-21)22-13-9-6-10-14-22;1-6-20(2,3)16-11-13-18(14-12-16)24-21(4,5)17-9-7-15(8-10-17)19(22)23;1-6-16(3)17-9-13-19(14-10-17)21-20(4,5)18-11-7-15(2)8-12-18;1-6-19(2,3)16-12-14-18(15-13-16)21-20(4,5)17-10-8-7-9-11-17/h5-19H,4H2,1-3H3;7-14H,6H2,1-5H3,(H,22,23);7-14,16H,6H2,1-5H3;7-15H,6H2,1-5H3. The smallest absolute Gasteiger partial charge is 0.335 e. The molecule has 0 heterocycles. The highest BCUT2D eigenvalue weighted by atomic mass is 16.5. The first-order chi connectivity index (χ1) is 43.1. The van der Waals surface area contributed by atoms with Crippen molar-refractivity contribution in [2.24, 2.45) is 0 Å². The van der Waals surface area contributed by atoms with E-state index in [1.54, 1.807) is 24.3 Å². The van der Waals surface area contributed by atoms with Crippen LogP contribution in [0, 0.1) is 6.92 Å². The van der Waals surface area contributed by atoms with E-state index in [4.69, 9.17) is 24.1 Å². The van der Waals surface area contributed by atoms with Crippen LogP contribution in [0.4, 0.5) is 0 Å². The second-order valence-corrected chi connectivity index (χ2v) is 27.1. The fourth-order valence-corrected chi connectivity index (χ4v) is 10.5. The lowest BCUT2D eigenvalue weighted by Gasteiger charge is -2.32. The Balaban J connectivity index is 0.000000193. The Labute approximate surface area is 548 Å². The number of rotatable bonds is 22. The van der Waals surface area contributed by atoms with Crippen LogP contribution in [-0.2, 0) is 33.2 Å². The lowest BCUT2D eigenvalue weighted by molar-refractivity contribution is 0.0695. The number of aromatic carboxylic acids is 1. The minimum Gasteiger partial charge on any atom is -0.483 e. The summed E-state index contributed by atoms with van der Waals surface area (Å²) >= 11 is 0. The zero-order valence-corrected chi connectivity index (χ0v) is 58.0. The van der Waals surface area contributed by atoms with Gasteiger partial charge in [0.05, 0.1) is 5.56 Å². The maximum Gasteiger partial charge on any atom is 0.335 e. The summed E-state index contributed by atoms with van der Waals surface area (Å²) in [6.07, 6.45) is 4.51. The normalized spacial score (nSPS) is 12.5. The van der Waals surface area contributed by atoms with Crippen molar-refractivity contribution in [2.75, 3.05) is 0 Å². The number of hydrogen-bond acceptors (Lipinski definition) is 5. The zero-order chi connectivity index (χ0) is 66.6. The molecular weight excluding hydrogens is 1120 g/mol. The summed E-state index contributed by atoms with van der Waals surface area (Å²) in [4.78, 5) is 11.0. The van der Waals surface area contributed by atoms with Crippen LogP contribution < -0.4 is 18.9 Å². The number of hydrogen-bond donors (Lipinski definition) is 1. The Kier molecular flexibility index (Phi) is 25.3. The van der Waals surface area contributed by atoms with Crippen LogP contribution in [0.2, 0.25) is 0 Å². The van der Waals surface area contributed by atoms with Gasteiger partial charge in [-0.1, -0.05) is 251 Å². The Morgan fingerprint density at radius 2 is 0.604 bits per heavy atom. The number of ether oxygens (including phenoxy) is 4. The minimum absolute atomic E-state index is 0.153. The molecule has 0 aromatic heterocycles. The summed E-state index contributed by atoms with van der Waals surface area (Å²) in [6.45, 7) is 39.0. The molecule has 0 radical (unpaired) electrons. The quantitative estimate of drug-likeness (QED) is 0.0729. The van der Waals surface area contributed by atoms with E-state index in [1.165, 1.54) is 38.9 Å². The van der Waals surface area contributed by atoms with Crippen LogP contribution in [0.3, 0.4) is 0 Å². The molecule has 91 heavy (non-hydrogen) atoms. The Morgan fingerprint density at radius 1 is 0.341 bits per heavy atom. The molecule has 2 atom stereocenters. The molecule has 0 bridgehead atoms. The average molecular weight is 1220 g/mol. The molecule has 9 aromatic rings. The second kappa shape index (κ2) is 32.1. The Bertz CT molecular complexity index is 3530. The lowest BCUT2D eigenvalue weighted by atomic mass is 9.82. The maximum atomic E-state index is 11.0. The lowest BCUT2D eigenvalue weighted by Crippen LogP contribution is -2.30. The number of aryl methyl sites for hydroxylation is 1. The van der Waals surface area contributed by atoms with E-state index in [0.717, 1.165) is 65.4 Å². The summed E-state index contributed by atoms with van der Waals surface area (Å²) < 4.78 is 25.1.